The van der Waals surface area contributed by atoms with Gasteiger partial charge < -0.3 is 10.2 Å². The number of benzene rings is 2. The Bertz CT molecular complexity index is 678. The summed E-state index contributed by atoms with van der Waals surface area (Å²) < 4.78 is 0. The van der Waals surface area contributed by atoms with Crippen LogP contribution in [-0.4, -0.2) is 49.4 Å². The fourth-order valence-electron chi connectivity index (χ4n) is 3.13. The van der Waals surface area contributed by atoms with Crippen LogP contribution in [0.1, 0.15) is 11.1 Å². The zero-order valence-corrected chi connectivity index (χ0v) is 14.2. The number of hydrogen-bond acceptors (Lipinski definition) is 3. The van der Waals surface area contributed by atoms with Crippen LogP contribution < -0.4 is 5.32 Å². The summed E-state index contributed by atoms with van der Waals surface area (Å²) in [5.41, 5.74) is 4.90. The minimum absolute atomic E-state index is 0.568. The van der Waals surface area contributed by atoms with Gasteiger partial charge in [-0.25, -0.2) is 0 Å². The van der Waals surface area contributed by atoms with Gasteiger partial charge in [-0.05, 0) is 41.4 Å². The number of hydrogen-bond donors (Lipinski definition) is 1. The van der Waals surface area contributed by atoms with Crippen LogP contribution in [-0.2, 0) is 17.9 Å². The monoisotopic (exact) mass is 323 g/mol. The lowest BCUT2D eigenvalue weighted by molar-refractivity contribution is -0.109. The summed E-state index contributed by atoms with van der Waals surface area (Å²) >= 11 is 0. The largest absolute Gasteiger partial charge is 0.355 e. The maximum Gasteiger partial charge on any atom is 0.207 e. The van der Waals surface area contributed by atoms with E-state index in [1.807, 2.05) is 12.1 Å². The summed E-state index contributed by atoms with van der Waals surface area (Å²) in [6.07, 6.45) is 0.739. The second kappa shape index (κ2) is 8.08. The molecule has 0 spiro atoms. The van der Waals surface area contributed by atoms with Crippen LogP contribution >= 0.6 is 0 Å². The van der Waals surface area contributed by atoms with E-state index in [0.717, 1.165) is 44.7 Å². The van der Waals surface area contributed by atoms with Crippen molar-refractivity contribution < 1.29 is 4.79 Å². The zero-order chi connectivity index (χ0) is 16.8. The van der Waals surface area contributed by atoms with Gasteiger partial charge in [0.1, 0.15) is 0 Å². The smallest absolute Gasteiger partial charge is 0.207 e. The van der Waals surface area contributed by atoms with Gasteiger partial charge in [0.2, 0.25) is 6.41 Å². The molecule has 1 heterocycles. The highest BCUT2D eigenvalue weighted by Gasteiger charge is 2.14. The molecule has 1 saturated heterocycles. The minimum atomic E-state index is 0.568. The molecule has 0 unspecified atom stereocenters. The predicted molar refractivity (Wildman–Crippen MR) is 97.6 cm³/mol. The highest BCUT2D eigenvalue weighted by Crippen LogP contribution is 2.22. The standard InChI is InChI=1S/C20H25N3O/c1-22-8-10-23(11-9-22)15-18-5-3-7-20(13-18)19-6-2-4-17(12-19)14-21-16-24/h2-7,12-13,16H,8-11,14-15H2,1H3,(H,21,24). The number of nitrogens with zero attached hydrogens (tertiary/aromatic N) is 2. The summed E-state index contributed by atoms with van der Waals surface area (Å²) in [6, 6.07) is 17.1. The quantitative estimate of drug-likeness (QED) is 0.829. The van der Waals surface area contributed by atoms with Crippen LogP contribution in [0.4, 0.5) is 0 Å². The molecule has 1 amide bonds. The van der Waals surface area contributed by atoms with Crippen molar-refractivity contribution in [3.05, 3.63) is 59.7 Å². The molecule has 1 fully saturated rings. The lowest BCUT2D eigenvalue weighted by Crippen LogP contribution is -2.43. The third-order valence-electron chi connectivity index (χ3n) is 4.58. The van der Waals surface area contributed by atoms with Gasteiger partial charge in [-0.1, -0.05) is 36.4 Å². The third kappa shape index (κ3) is 4.43. The lowest BCUT2D eigenvalue weighted by Gasteiger charge is -2.32. The summed E-state index contributed by atoms with van der Waals surface area (Å²) in [5, 5.41) is 2.72. The molecule has 1 aliphatic heterocycles. The van der Waals surface area contributed by atoms with Crippen LogP contribution in [0.3, 0.4) is 0 Å². The maximum absolute atomic E-state index is 10.5. The van der Waals surface area contributed by atoms with E-state index in [1.165, 1.54) is 16.7 Å². The molecule has 1 aliphatic rings. The molecule has 0 atom stereocenters. The van der Waals surface area contributed by atoms with E-state index < -0.39 is 0 Å². The molecule has 0 aromatic heterocycles. The Balaban J connectivity index is 1.71. The van der Waals surface area contributed by atoms with E-state index >= 15 is 0 Å². The number of piperazine rings is 1. The lowest BCUT2D eigenvalue weighted by atomic mass is 10.0. The number of nitrogens with one attached hydrogen (secondary N) is 1. The van der Waals surface area contributed by atoms with E-state index in [0.29, 0.717) is 6.54 Å². The molecular weight excluding hydrogens is 298 g/mol. The Labute approximate surface area is 144 Å². The fraction of sp³-hybridized carbons (Fsp3) is 0.350. The molecule has 2 aromatic carbocycles. The van der Waals surface area contributed by atoms with Gasteiger partial charge in [-0.3, -0.25) is 9.69 Å². The van der Waals surface area contributed by atoms with E-state index in [1.54, 1.807) is 0 Å². The third-order valence-corrected chi connectivity index (χ3v) is 4.58. The Morgan fingerprint density at radius 3 is 2.25 bits per heavy atom. The number of carbonyl (C=O) groups excluding carboxylic acids is 1. The molecule has 1 N–H and O–H groups in total. The first-order valence-corrected chi connectivity index (χ1v) is 8.51. The highest BCUT2D eigenvalue weighted by molar-refractivity contribution is 5.65. The van der Waals surface area contributed by atoms with Crippen LogP contribution in [0.2, 0.25) is 0 Å². The number of likely N-dealkylation sites (N-methyl/N-ethyl adjacent to an activating group) is 1. The van der Waals surface area contributed by atoms with Gasteiger partial charge in [-0.2, -0.15) is 0 Å². The Morgan fingerprint density at radius 1 is 0.958 bits per heavy atom. The summed E-state index contributed by atoms with van der Waals surface area (Å²) in [6.45, 7) is 6.13. The Hall–Kier alpha value is -2.17. The average molecular weight is 323 g/mol. The molecule has 0 bridgehead atoms. The van der Waals surface area contributed by atoms with E-state index in [-0.39, 0.29) is 0 Å². The van der Waals surface area contributed by atoms with E-state index in [4.69, 9.17) is 0 Å². The van der Waals surface area contributed by atoms with Crippen molar-refractivity contribution in [2.75, 3.05) is 33.2 Å². The molecule has 3 rings (SSSR count). The number of amides is 1. The maximum atomic E-state index is 10.5. The van der Waals surface area contributed by atoms with Gasteiger partial charge >= 0.3 is 0 Å². The number of rotatable bonds is 6. The molecule has 4 nitrogen and oxygen atoms in total. The Morgan fingerprint density at radius 2 is 1.58 bits per heavy atom. The van der Waals surface area contributed by atoms with Crippen molar-refractivity contribution in [2.24, 2.45) is 0 Å². The van der Waals surface area contributed by atoms with Crippen molar-refractivity contribution in [1.82, 2.24) is 15.1 Å². The van der Waals surface area contributed by atoms with E-state index in [9.17, 15) is 4.79 Å². The predicted octanol–water partition coefficient (Wildman–Crippen LogP) is 2.35. The first-order valence-electron chi connectivity index (χ1n) is 8.51. The summed E-state index contributed by atoms with van der Waals surface area (Å²) in [5.74, 6) is 0. The summed E-state index contributed by atoms with van der Waals surface area (Å²) in [7, 11) is 2.18. The van der Waals surface area contributed by atoms with Crippen LogP contribution in [0.5, 0.6) is 0 Å². The topological polar surface area (TPSA) is 35.6 Å². The van der Waals surface area contributed by atoms with Gasteiger partial charge in [-0.15, -0.1) is 0 Å². The molecule has 2 aromatic rings. The van der Waals surface area contributed by atoms with Crippen LogP contribution in [0, 0.1) is 0 Å². The first kappa shape index (κ1) is 16.7. The molecule has 126 valence electrons. The van der Waals surface area contributed by atoms with Crippen molar-refractivity contribution in [3.63, 3.8) is 0 Å². The highest BCUT2D eigenvalue weighted by atomic mass is 16.1. The van der Waals surface area contributed by atoms with Gasteiger partial charge in [0.05, 0.1) is 0 Å². The SMILES string of the molecule is CN1CCN(Cc2cccc(-c3cccc(CNC=O)c3)c2)CC1. The molecule has 0 aliphatic carbocycles. The van der Waals surface area contributed by atoms with E-state index in [2.05, 4.69) is 58.6 Å². The van der Waals surface area contributed by atoms with Gasteiger partial charge in [0.25, 0.3) is 0 Å². The minimum Gasteiger partial charge on any atom is -0.355 e. The molecular formula is C20H25N3O. The molecule has 4 heteroatoms. The molecule has 24 heavy (non-hydrogen) atoms. The van der Waals surface area contributed by atoms with Crippen LogP contribution in [0.15, 0.2) is 48.5 Å². The molecule has 0 saturated carbocycles. The molecule has 0 radical (unpaired) electrons. The second-order valence-electron chi connectivity index (χ2n) is 6.48. The van der Waals surface area contributed by atoms with Crippen molar-refractivity contribution in [2.45, 2.75) is 13.1 Å². The van der Waals surface area contributed by atoms with Gasteiger partial charge in [0, 0.05) is 39.3 Å². The van der Waals surface area contributed by atoms with Crippen molar-refractivity contribution in [1.29, 1.82) is 0 Å². The first-order chi connectivity index (χ1) is 11.7. The van der Waals surface area contributed by atoms with Crippen molar-refractivity contribution in [3.8, 4) is 11.1 Å². The van der Waals surface area contributed by atoms with Crippen LogP contribution in [0.25, 0.3) is 11.1 Å². The second-order valence-corrected chi connectivity index (χ2v) is 6.48. The number of carbonyl (C=O) groups is 1. The zero-order valence-electron chi connectivity index (χ0n) is 14.2. The summed E-state index contributed by atoms with van der Waals surface area (Å²) in [4.78, 5) is 15.4. The van der Waals surface area contributed by atoms with Gasteiger partial charge in [0.15, 0.2) is 0 Å². The van der Waals surface area contributed by atoms with Crippen molar-refractivity contribution >= 4 is 6.41 Å². The normalized spacial score (nSPS) is 16.0. The Kier molecular flexibility index (Phi) is 5.62. The fourth-order valence-corrected chi connectivity index (χ4v) is 3.13. The average Bonchev–Trinajstić information content (AvgIpc) is 2.62.